The monoisotopic (exact) mass is 305 g/mol. The lowest BCUT2D eigenvalue weighted by Gasteiger charge is -2.17. The fraction of sp³-hybridized carbons (Fsp3) is 0.267. The van der Waals surface area contributed by atoms with Gasteiger partial charge in [-0.2, -0.15) is 5.10 Å². The van der Waals surface area contributed by atoms with E-state index >= 15 is 0 Å². The second kappa shape index (κ2) is 5.67. The van der Waals surface area contributed by atoms with Gasteiger partial charge in [0.2, 0.25) is 0 Å². The molecule has 1 aromatic carbocycles. The molecule has 1 N–H and O–H groups in total. The molecule has 5 nitrogen and oxygen atoms in total. The lowest BCUT2D eigenvalue weighted by atomic mass is 9.88. The van der Waals surface area contributed by atoms with E-state index in [1.807, 2.05) is 0 Å². The molecule has 3 rings (SSSR count). The molecule has 1 saturated heterocycles. The number of rotatable bonds is 3. The highest BCUT2D eigenvalue weighted by Gasteiger charge is 2.40. The summed E-state index contributed by atoms with van der Waals surface area (Å²) in [6, 6.07) is 6.65. The Morgan fingerprint density at radius 2 is 2.09 bits per heavy atom. The van der Waals surface area contributed by atoms with Crippen molar-refractivity contribution < 1.29 is 18.7 Å². The van der Waals surface area contributed by atoms with E-state index in [2.05, 4.69) is 10.2 Å². The summed E-state index contributed by atoms with van der Waals surface area (Å²) in [5.41, 5.74) is 0.209. The van der Waals surface area contributed by atoms with Gasteiger partial charge in [0, 0.05) is 31.3 Å². The zero-order chi connectivity index (χ0) is 15.7. The van der Waals surface area contributed by atoms with Crippen molar-refractivity contribution in [2.24, 2.45) is 5.92 Å². The first-order chi connectivity index (χ1) is 10.6. The minimum absolute atomic E-state index is 0.204. The third kappa shape index (κ3) is 2.61. The summed E-state index contributed by atoms with van der Waals surface area (Å²) in [5, 5.41) is 17.1. The van der Waals surface area contributed by atoms with E-state index < -0.39 is 29.4 Å². The molecule has 1 aromatic heterocycles. The Labute approximate surface area is 125 Å². The highest BCUT2D eigenvalue weighted by molar-refractivity contribution is 5.73. The molecule has 1 fully saturated rings. The Kier molecular flexibility index (Phi) is 3.70. The summed E-state index contributed by atoms with van der Waals surface area (Å²) >= 11 is 0. The van der Waals surface area contributed by atoms with E-state index in [1.165, 1.54) is 12.3 Å². The molecule has 0 aliphatic carbocycles. The van der Waals surface area contributed by atoms with Gasteiger partial charge in [-0.05, 0) is 23.8 Å². The van der Waals surface area contributed by atoms with Crippen LogP contribution < -0.4 is 4.90 Å². The van der Waals surface area contributed by atoms with Gasteiger partial charge >= 0.3 is 5.97 Å². The highest BCUT2D eigenvalue weighted by atomic mass is 19.1. The number of halogens is 2. The second-order valence-corrected chi connectivity index (χ2v) is 5.20. The fourth-order valence-corrected chi connectivity index (χ4v) is 2.82. The van der Waals surface area contributed by atoms with Crippen LogP contribution in [0.3, 0.4) is 0 Å². The Morgan fingerprint density at radius 1 is 1.27 bits per heavy atom. The summed E-state index contributed by atoms with van der Waals surface area (Å²) in [6.07, 6.45) is 1.52. The van der Waals surface area contributed by atoms with E-state index in [9.17, 15) is 18.7 Å². The van der Waals surface area contributed by atoms with Gasteiger partial charge in [-0.15, -0.1) is 5.10 Å². The van der Waals surface area contributed by atoms with E-state index in [1.54, 1.807) is 17.0 Å². The van der Waals surface area contributed by atoms with Crippen molar-refractivity contribution in [2.45, 2.75) is 5.92 Å². The maximum atomic E-state index is 14.0. The van der Waals surface area contributed by atoms with Crippen LogP contribution in [0.5, 0.6) is 0 Å². The van der Waals surface area contributed by atoms with Gasteiger partial charge in [0.15, 0.2) is 5.82 Å². The Balaban J connectivity index is 1.94. The lowest BCUT2D eigenvalue weighted by molar-refractivity contribution is -0.141. The molecule has 2 atom stereocenters. The predicted octanol–water partition coefficient (Wildman–Crippen LogP) is 2.06. The van der Waals surface area contributed by atoms with E-state index in [0.29, 0.717) is 5.82 Å². The summed E-state index contributed by atoms with van der Waals surface area (Å²) in [4.78, 5) is 13.2. The number of hydrogen-bond acceptors (Lipinski definition) is 4. The van der Waals surface area contributed by atoms with Crippen LogP contribution in [-0.2, 0) is 4.79 Å². The number of nitrogens with zero attached hydrogens (tertiary/aromatic N) is 3. The number of carbonyl (C=O) groups is 1. The van der Waals surface area contributed by atoms with Gasteiger partial charge in [0.25, 0.3) is 0 Å². The van der Waals surface area contributed by atoms with Crippen molar-refractivity contribution in [2.75, 3.05) is 18.0 Å². The quantitative estimate of drug-likeness (QED) is 0.940. The van der Waals surface area contributed by atoms with Crippen molar-refractivity contribution in [1.82, 2.24) is 10.2 Å². The van der Waals surface area contributed by atoms with Crippen molar-refractivity contribution in [1.29, 1.82) is 0 Å². The van der Waals surface area contributed by atoms with E-state index in [0.717, 1.165) is 12.1 Å². The zero-order valence-corrected chi connectivity index (χ0v) is 11.5. The van der Waals surface area contributed by atoms with Crippen LogP contribution in [0.25, 0.3) is 0 Å². The number of anilines is 1. The molecular formula is C15H13F2N3O2. The van der Waals surface area contributed by atoms with Crippen LogP contribution >= 0.6 is 0 Å². The standard InChI is InChI=1S/C15H13F2N3O2/c16-9-3-4-10(13(17)6-9)11-7-20(8-12(11)15(21)22)14-2-1-5-18-19-14/h1-6,11-12H,7-8H2,(H,21,22)/t11-,12+/m0/s1. The summed E-state index contributed by atoms with van der Waals surface area (Å²) in [5.74, 6) is -3.24. The Bertz CT molecular complexity index is 696. The maximum Gasteiger partial charge on any atom is 0.308 e. The molecule has 0 radical (unpaired) electrons. The SMILES string of the molecule is O=C(O)[C@@H]1CN(c2cccnn2)C[C@H]1c1ccc(F)cc1F. The molecule has 114 valence electrons. The molecule has 2 aromatic rings. The topological polar surface area (TPSA) is 66.3 Å². The van der Waals surface area contributed by atoms with Gasteiger partial charge in [-0.25, -0.2) is 8.78 Å². The third-order valence-corrected chi connectivity index (χ3v) is 3.88. The number of aliphatic carboxylic acids is 1. The predicted molar refractivity (Wildman–Crippen MR) is 74.5 cm³/mol. The van der Waals surface area contributed by atoms with Crippen LogP contribution in [0.1, 0.15) is 11.5 Å². The molecule has 0 bridgehead atoms. The van der Waals surface area contributed by atoms with Crippen molar-refractivity contribution in [3.8, 4) is 0 Å². The van der Waals surface area contributed by atoms with Gasteiger partial charge in [-0.1, -0.05) is 6.07 Å². The number of carboxylic acids is 1. The van der Waals surface area contributed by atoms with Crippen LogP contribution in [0.15, 0.2) is 36.5 Å². The molecule has 0 saturated carbocycles. The third-order valence-electron chi connectivity index (χ3n) is 3.88. The fourth-order valence-electron chi connectivity index (χ4n) is 2.82. The first-order valence-corrected chi connectivity index (χ1v) is 6.76. The zero-order valence-electron chi connectivity index (χ0n) is 11.5. The van der Waals surface area contributed by atoms with Gasteiger partial charge in [-0.3, -0.25) is 4.79 Å². The molecule has 2 heterocycles. The maximum absolute atomic E-state index is 14.0. The molecule has 0 spiro atoms. The molecule has 0 unspecified atom stereocenters. The molecular weight excluding hydrogens is 292 g/mol. The highest BCUT2D eigenvalue weighted by Crippen LogP contribution is 2.36. The summed E-state index contributed by atoms with van der Waals surface area (Å²) in [6.45, 7) is 0.494. The Morgan fingerprint density at radius 3 is 2.73 bits per heavy atom. The van der Waals surface area contributed by atoms with E-state index in [-0.39, 0.29) is 18.7 Å². The van der Waals surface area contributed by atoms with Crippen LogP contribution in [0.4, 0.5) is 14.6 Å². The lowest BCUT2D eigenvalue weighted by Crippen LogP contribution is -2.23. The van der Waals surface area contributed by atoms with Crippen LogP contribution in [0, 0.1) is 17.6 Å². The number of hydrogen-bond donors (Lipinski definition) is 1. The van der Waals surface area contributed by atoms with Crippen molar-refractivity contribution >= 4 is 11.8 Å². The number of aromatic nitrogens is 2. The number of benzene rings is 1. The van der Waals surface area contributed by atoms with Gasteiger partial charge < -0.3 is 10.0 Å². The Hall–Kier alpha value is -2.57. The molecule has 0 amide bonds. The average Bonchev–Trinajstić information content (AvgIpc) is 2.93. The number of carboxylic acid groups (broad SMARTS) is 1. The van der Waals surface area contributed by atoms with Gasteiger partial charge in [0.05, 0.1) is 5.92 Å². The van der Waals surface area contributed by atoms with E-state index in [4.69, 9.17) is 0 Å². The first-order valence-electron chi connectivity index (χ1n) is 6.76. The van der Waals surface area contributed by atoms with Crippen molar-refractivity contribution in [3.05, 3.63) is 53.7 Å². The first kappa shape index (κ1) is 14.4. The summed E-state index contributed by atoms with van der Waals surface area (Å²) in [7, 11) is 0. The minimum Gasteiger partial charge on any atom is -0.481 e. The van der Waals surface area contributed by atoms with Gasteiger partial charge in [0.1, 0.15) is 11.6 Å². The molecule has 7 heteroatoms. The molecule has 1 aliphatic rings. The van der Waals surface area contributed by atoms with Crippen LogP contribution in [0.2, 0.25) is 0 Å². The largest absolute Gasteiger partial charge is 0.481 e. The van der Waals surface area contributed by atoms with Crippen LogP contribution in [-0.4, -0.2) is 34.4 Å². The summed E-state index contributed by atoms with van der Waals surface area (Å²) < 4.78 is 27.0. The second-order valence-electron chi connectivity index (χ2n) is 5.20. The molecule has 22 heavy (non-hydrogen) atoms. The smallest absolute Gasteiger partial charge is 0.308 e. The molecule has 1 aliphatic heterocycles. The normalized spacial score (nSPS) is 21.1. The van der Waals surface area contributed by atoms with Crippen molar-refractivity contribution in [3.63, 3.8) is 0 Å². The minimum atomic E-state index is -1.01. The average molecular weight is 305 g/mol.